The van der Waals surface area contributed by atoms with Gasteiger partial charge in [-0.15, -0.1) is 0 Å². The van der Waals surface area contributed by atoms with Crippen molar-refractivity contribution in [2.45, 2.75) is 31.7 Å². The van der Waals surface area contributed by atoms with Gasteiger partial charge in [-0.05, 0) is 38.5 Å². The molecule has 0 spiro atoms. The van der Waals surface area contributed by atoms with Gasteiger partial charge in [-0.1, -0.05) is 6.07 Å². The fourth-order valence-electron chi connectivity index (χ4n) is 2.18. The zero-order valence-electron chi connectivity index (χ0n) is 14.0. The first kappa shape index (κ1) is 18.1. The number of hydrogen-bond donors (Lipinski definition) is 1. The summed E-state index contributed by atoms with van der Waals surface area (Å²) in [6.07, 6.45) is 2.36. The number of rotatable bonds is 6. The van der Waals surface area contributed by atoms with Gasteiger partial charge in [0.15, 0.2) is 21.4 Å². The molecule has 2 aromatic rings. The Balaban J connectivity index is 2.32. The third-order valence-corrected chi connectivity index (χ3v) is 4.48. The van der Waals surface area contributed by atoms with E-state index in [2.05, 4.69) is 15.3 Å². The molecule has 0 bridgehead atoms. The van der Waals surface area contributed by atoms with E-state index in [1.807, 2.05) is 0 Å². The molecular weight excluding hydrogens is 333 g/mol. The van der Waals surface area contributed by atoms with Gasteiger partial charge < -0.3 is 10.1 Å². The summed E-state index contributed by atoms with van der Waals surface area (Å²) in [7, 11) is -3.48. The quantitative estimate of drug-likeness (QED) is 0.860. The van der Waals surface area contributed by atoms with Gasteiger partial charge >= 0.3 is 0 Å². The van der Waals surface area contributed by atoms with Crippen molar-refractivity contribution in [1.82, 2.24) is 9.97 Å². The highest BCUT2D eigenvalue weighted by atomic mass is 32.2. The molecule has 6 nitrogen and oxygen atoms in total. The van der Waals surface area contributed by atoms with E-state index in [0.29, 0.717) is 18.0 Å². The van der Waals surface area contributed by atoms with E-state index in [1.54, 1.807) is 32.9 Å². The Morgan fingerprint density at radius 1 is 1.38 bits per heavy atom. The molecule has 1 atom stereocenters. The lowest BCUT2D eigenvalue weighted by atomic mass is 10.1. The van der Waals surface area contributed by atoms with Crippen molar-refractivity contribution in [3.05, 3.63) is 41.6 Å². The highest BCUT2D eigenvalue weighted by molar-refractivity contribution is 7.90. The molecule has 1 heterocycles. The van der Waals surface area contributed by atoms with Crippen LogP contribution in [0.2, 0.25) is 0 Å². The molecule has 130 valence electrons. The molecule has 1 aromatic heterocycles. The van der Waals surface area contributed by atoms with Crippen molar-refractivity contribution in [1.29, 1.82) is 0 Å². The average Bonchev–Trinajstić information content (AvgIpc) is 2.48. The Kier molecular flexibility index (Phi) is 5.38. The number of anilines is 1. The van der Waals surface area contributed by atoms with Crippen LogP contribution >= 0.6 is 0 Å². The van der Waals surface area contributed by atoms with Gasteiger partial charge in [-0.2, -0.15) is 0 Å². The topological polar surface area (TPSA) is 81.2 Å². The fraction of sp³-hybridized carbons (Fsp3) is 0.375. The fourth-order valence-corrected chi connectivity index (χ4v) is 2.88. The number of nitrogens with zero attached hydrogens (tertiary/aromatic N) is 2. The zero-order valence-corrected chi connectivity index (χ0v) is 14.8. The van der Waals surface area contributed by atoms with Crippen LogP contribution in [0, 0.1) is 12.7 Å². The van der Waals surface area contributed by atoms with Gasteiger partial charge in [0.05, 0.1) is 18.8 Å². The summed E-state index contributed by atoms with van der Waals surface area (Å²) in [5, 5.41) is 3.02. The number of sulfone groups is 1. The van der Waals surface area contributed by atoms with Crippen LogP contribution in [0.25, 0.3) is 0 Å². The maximum Gasteiger partial charge on any atom is 0.180 e. The van der Waals surface area contributed by atoms with E-state index in [4.69, 9.17) is 4.74 Å². The van der Waals surface area contributed by atoms with Crippen LogP contribution in [0.4, 0.5) is 10.2 Å². The number of halogens is 1. The first-order valence-corrected chi connectivity index (χ1v) is 9.34. The van der Waals surface area contributed by atoms with Crippen LogP contribution in [-0.2, 0) is 9.84 Å². The number of ether oxygens (including phenoxy) is 1. The Hall–Kier alpha value is -2.22. The van der Waals surface area contributed by atoms with Crippen LogP contribution < -0.4 is 10.1 Å². The summed E-state index contributed by atoms with van der Waals surface area (Å²) < 4.78 is 42.9. The second-order valence-electron chi connectivity index (χ2n) is 5.39. The summed E-state index contributed by atoms with van der Waals surface area (Å²) in [5.74, 6) is 0.357. The normalized spacial score (nSPS) is 12.7. The highest BCUT2D eigenvalue weighted by Crippen LogP contribution is 2.26. The first-order valence-electron chi connectivity index (χ1n) is 7.45. The van der Waals surface area contributed by atoms with Crippen molar-refractivity contribution in [2.75, 3.05) is 18.2 Å². The second kappa shape index (κ2) is 7.12. The van der Waals surface area contributed by atoms with Gasteiger partial charge in [0, 0.05) is 6.26 Å². The molecule has 0 aliphatic rings. The number of aryl methyl sites for hydroxylation is 1. The summed E-state index contributed by atoms with van der Waals surface area (Å²) >= 11 is 0. The van der Waals surface area contributed by atoms with Gasteiger partial charge in [-0.3, -0.25) is 0 Å². The molecule has 0 fully saturated rings. The molecule has 0 unspecified atom stereocenters. The van der Waals surface area contributed by atoms with Crippen molar-refractivity contribution < 1.29 is 17.5 Å². The van der Waals surface area contributed by atoms with Crippen LogP contribution in [0.15, 0.2) is 29.3 Å². The number of aromatic nitrogens is 2. The molecule has 0 aliphatic carbocycles. The first-order chi connectivity index (χ1) is 11.2. The van der Waals surface area contributed by atoms with Crippen molar-refractivity contribution in [3.63, 3.8) is 0 Å². The molecule has 0 amide bonds. The van der Waals surface area contributed by atoms with Gasteiger partial charge in [0.1, 0.15) is 16.5 Å². The molecular formula is C16H20FN3O3S. The minimum atomic E-state index is -3.48. The molecule has 0 radical (unpaired) electrons. The van der Waals surface area contributed by atoms with E-state index in [9.17, 15) is 12.8 Å². The number of hydrogen-bond acceptors (Lipinski definition) is 6. The van der Waals surface area contributed by atoms with E-state index < -0.39 is 15.7 Å². The molecule has 0 saturated heterocycles. The summed E-state index contributed by atoms with van der Waals surface area (Å²) in [6.45, 7) is 5.61. The Bertz CT molecular complexity index is 840. The van der Waals surface area contributed by atoms with Crippen LogP contribution in [-0.4, -0.2) is 31.2 Å². The second-order valence-corrected chi connectivity index (χ2v) is 7.38. The predicted octanol–water partition coefficient (Wildman–Crippen LogP) is 2.90. The predicted molar refractivity (Wildman–Crippen MR) is 89.5 cm³/mol. The van der Waals surface area contributed by atoms with E-state index in [-0.39, 0.29) is 22.5 Å². The van der Waals surface area contributed by atoms with E-state index >= 15 is 0 Å². The van der Waals surface area contributed by atoms with Gasteiger partial charge in [0.25, 0.3) is 0 Å². The van der Waals surface area contributed by atoms with Gasteiger partial charge in [-0.25, -0.2) is 22.8 Å². The minimum Gasteiger partial charge on any atom is -0.491 e. The SMILES string of the molecule is CCOc1ccc([C@H](C)Nc2nc(C)ncc2S(C)(=O)=O)cc1F. The third kappa shape index (κ3) is 4.19. The lowest BCUT2D eigenvalue weighted by Crippen LogP contribution is -2.13. The van der Waals surface area contributed by atoms with Crippen LogP contribution in [0.3, 0.4) is 0 Å². The average molecular weight is 353 g/mol. The Morgan fingerprint density at radius 3 is 2.67 bits per heavy atom. The van der Waals surface area contributed by atoms with E-state index in [1.165, 1.54) is 12.3 Å². The van der Waals surface area contributed by atoms with Crippen molar-refractivity contribution in [3.8, 4) is 5.75 Å². The minimum absolute atomic E-state index is 0.00589. The Morgan fingerprint density at radius 2 is 2.08 bits per heavy atom. The molecule has 1 N–H and O–H groups in total. The largest absolute Gasteiger partial charge is 0.491 e. The molecule has 2 rings (SSSR count). The standard InChI is InChI=1S/C16H20FN3O3S/c1-5-23-14-7-6-12(8-13(14)17)10(2)19-16-15(24(4,21)22)9-18-11(3)20-16/h6-10H,5H2,1-4H3,(H,18,19,20)/t10-/m0/s1. The summed E-state index contributed by atoms with van der Waals surface area (Å²) in [6, 6.07) is 4.27. The summed E-state index contributed by atoms with van der Waals surface area (Å²) in [4.78, 5) is 8.09. The van der Waals surface area contributed by atoms with Gasteiger partial charge in [0.2, 0.25) is 0 Å². The molecule has 0 aliphatic heterocycles. The lowest BCUT2D eigenvalue weighted by Gasteiger charge is -2.18. The van der Waals surface area contributed by atoms with Crippen LogP contribution in [0.5, 0.6) is 5.75 Å². The van der Waals surface area contributed by atoms with Crippen molar-refractivity contribution >= 4 is 15.7 Å². The summed E-state index contributed by atoms with van der Waals surface area (Å²) in [5.41, 5.74) is 0.645. The van der Waals surface area contributed by atoms with E-state index in [0.717, 1.165) is 6.26 Å². The van der Waals surface area contributed by atoms with Crippen LogP contribution in [0.1, 0.15) is 31.3 Å². The smallest absolute Gasteiger partial charge is 0.180 e. The maximum absolute atomic E-state index is 14.0. The number of benzene rings is 1. The Labute approximate surface area is 141 Å². The monoisotopic (exact) mass is 353 g/mol. The number of nitrogens with one attached hydrogen (secondary N) is 1. The lowest BCUT2D eigenvalue weighted by molar-refractivity contribution is 0.321. The molecule has 1 aromatic carbocycles. The molecule has 8 heteroatoms. The highest BCUT2D eigenvalue weighted by Gasteiger charge is 2.18. The zero-order chi connectivity index (χ0) is 17.9. The third-order valence-electron chi connectivity index (χ3n) is 3.38. The molecule has 24 heavy (non-hydrogen) atoms. The van der Waals surface area contributed by atoms with Crippen molar-refractivity contribution in [2.24, 2.45) is 0 Å². The maximum atomic E-state index is 14.0. The molecule has 0 saturated carbocycles.